The van der Waals surface area contributed by atoms with E-state index in [0.29, 0.717) is 19.6 Å². The van der Waals surface area contributed by atoms with Crippen molar-refractivity contribution in [1.29, 1.82) is 0 Å². The van der Waals surface area contributed by atoms with E-state index in [4.69, 9.17) is 9.72 Å². The normalized spacial score (nSPS) is 25.6. The van der Waals surface area contributed by atoms with Crippen molar-refractivity contribution in [2.45, 2.75) is 70.6 Å². The average Bonchev–Trinajstić information content (AvgIpc) is 3.21. The van der Waals surface area contributed by atoms with E-state index >= 15 is 0 Å². The first-order chi connectivity index (χ1) is 19.1. The minimum Gasteiger partial charge on any atom is -0.367 e. The van der Waals surface area contributed by atoms with Gasteiger partial charge < -0.3 is 19.9 Å². The fourth-order valence-electron chi connectivity index (χ4n) is 6.18. The van der Waals surface area contributed by atoms with E-state index in [0.717, 1.165) is 42.0 Å². The van der Waals surface area contributed by atoms with Gasteiger partial charge in [0.2, 0.25) is 11.8 Å². The number of benzene rings is 1. The Balaban J connectivity index is 1.35. The zero-order valence-electron chi connectivity index (χ0n) is 24.3. The highest BCUT2D eigenvalue weighted by Crippen LogP contribution is 2.41. The summed E-state index contributed by atoms with van der Waals surface area (Å²) in [5.41, 5.74) is 3.50. The van der Waals surface area contributed by atoms with Crippen LogP contribution in [0, 0.1) is 5.82 Å². The van der Waals surface area contributed by atoms with Gasteiger partial charge in [-0.1, -0.05) is 39.8 Å². The van der Waals surface area contributed by atoms with Crippen molar-refractivity contribution in [2.24, 2.45) is 0 Å². The van der Waals surface area contributed by atoms with Crippen LogP contribution in [0.15, 0.2) is 36.5 Å². The third kappa shape index (κ3) is 5.92. The number of amides is 2. The molecule has 216 valence electrons. The molecule has 0 aliphatic carbocycles. The molecule has 8 nitrogen and oxygen atoms in total. The first kappa shape index (κ1) is 28.6. The Morgan fingerprint density at radius 1 is 1.23 bits per heavy atom. The van der Waals surface area contributed by atoms with E-state index in [1.165, 1.54) is 12.1 Å². The molecule has 3 aliphatic heterocycles. The molecule has 0 bridgehead atoms. The largest absolute Gasteiger partial charge is 0.367 e. The number of halogens is 1. The van der Waals surface area contributed by atoms with Crippen LogP contribution in [0.25, 0.3) is 0 Å². The van der Waals surface area contributed by atoms with Gasteiger partial charge in [-0.2, -0.15) is 0 Å². The molecular formula is C31H42FN5O3. The van der Waals surface area contributed by atoms with Crippen molar-refractivity contribution in [3.8, 4) is 0 Å². The molecule has 40 heavy (non-hydrogen) atoms. The van der Waals surface area contributed by atoms with Crippen molar-refractivity contribution >= 4 is 17.5 Å². The van der Waals surface area contributed by atoms with E-state index in [1.54, 1.807) is 12.1 Å². The second-order valence-electron chi connectivity index (χ2n) is 12.3. The van der Waals surface area contributed by atoms with Crippen molar-refractivity contribution in [1.82, 2.24) is 20.1 Å². The lowest BCUT2D eigenvalue weighted by Gasteiger charge is -2.43. The highest BCUT2D eigenvalue weighted by molar-refractivity contribution is 5.97. The van der Waals surface area contributed by atoms with E-state index in [1.807, 2.05) is 16.0 Å². The molecule has 9 heteroatoms. The smallest absolute Gasteiger partial charge is 0.248 e. The molecule has 1 aromatic heterocycles. The summed E-state index contributed by atoms with van der Waals surface area (Å²) in [6.07, 6.45) is 2.82. The quantitative estimate of drug-likeness (QED) is 0.569. The van der Waals surface area contributed by atoms with Gasteiger partial charge in [-0.25, -0.2) is 4.39 Å². The molecular weight excluding hydrogens is 509 g/mol. The number of pyridine rings is 1. The number of piperazine rings is 1. The van der Waals surface area contributed by atoms with E-state index in [-0.39, 0.29) is 60.3 Å². The number of rotatable bonds is 7. The number of aromatic nitrogens is 1. The number of nitrogens with one attached hydrogen (secondary N) is 1. The highest BCUT2D eigenvalue weighted by atomic mass is 19.1. The molecule has 1 aromatic carbocycles. The van der Waals surface area contributed by atoms with Gasteiger partial charge >= 0.3 is 0 Å². The Morgan fingerprint density at radius 3 is 2.70 bits per heavy atom. The number of fused-ring (bicyclic) bond motifs is 1. The summed E-state index contributed by atoms with van der Waals surface area (Å²) in [4.78, 5) is 37.4. The molecule has 3 aliphatic rings. The van der Waals surface area contributed by atoms with E-state index in [9.17, 15) is 14.0 Å². The van der Waals surface area contributed by atoms with Crippen LogP contribution in [0.3, 0.4) is 0 Å². The van der Waals surface area contributed by atoms with Gasteiger partial charge in [0.15, 0.2) is 0 Å². The SMILES string of the molecule is CCC1CN(C[C@H]2CN[C@H](C)CN2CC(=O)N2CC(C)(C)c3ncc([C@@H](C)c4ccc(F)cc4)cc32)C(=O)CO1. The van der Waals surface area contributed by atoms with Gasteiger partial charge in [0, 0.05) is 62.3 Å². The van der Waals surface area contributed by atoms with Crippen LogP contribution in [-0.2, 0) is 19.7 Å². The minimum atomic E-state index is -0.270. The molecule has 0 saturated carbocycles. The number of hydrogen-bond donors (Lipinski definition) is 1. The number of morpholine rings is 1. The second kappa shape index (κ2) is 11.5. The predicted octanol–water partition coefficient (Wildman–Crippen LogP) is 3.30. The van der Waals surface area contributed by atoms with E-state index < -0.39 is 0 Å². The standard InChI is InChI=1S/C31H42FN5O3/c1-6-26-16-36(29(39)18-40-26)15-25-13-33-20(2)14-35(25)17-28(38)37-19-31(4,5)30-27(37)11-23(12-34-30)21(3)22-7-9-24(32)10-8-22/h7-12,20-21,25-26,33H,6,13-19H2,1-5H3/t20-,21+,25-,26?/m1/s1. The van der Waals surface area contributed by atoms with Crippen molar-refractivity contribution < 1.29 is 18.7 Å². The van der Waals surface area contributed by atoms with Crippen LogP contribution < -0.4 is 10.2 Å². The third-order valence-corrected chi connectivity index (χ3v) is 8.72. The van der Waals surface area contributed by atoms with Gasteiger partial charge in [-0.3, -0.25) is 19.5 Å². The van der Waals surface area contributed by atoms with Crippen LogP contribution in [0.2, 0.25) is 0 Å². The predicted molar refractivity (Wildman–Crippen MR) is 153 cm³/mol. The lowest BCUT2D eigenvalue weighted by molar-refractivity contribution is -0.150. The molecule has 1 unspecified atom stereocenters. The Hall–Kier alpha value is -2.88. The van der Waals surface area contributed by atoms with Crippen molar-refractivity contribution in [2.75, 3.05) is 50.8 Å². The first-order valence-electron chi connectivity index (χ1n) is 14.5. The summed E-state index contributed by atoms with van der Waals surface area (Å²) in [7, 11) is 0. The maximum absolute atomic E-state index is 14.0. The Morgan fingerprint density at radius 2 is 1.98 bits per heavy atom. The first-order valence-corrected chi connectivity index (χ1v) is 14.5. The number of hydrogen-bond acceptors (Lipinski definition) is 6. The molecule has 0 spiro atoms. The summed E-state index contributed by atoms with van der Waals surface area (Å²) in [5, 5.41) is 3.53. The Labute approximate surface area is 236 Å². The van der Waals surface area contributed by atoms with Gasteiger partial charge in [-0.05, 0) is 42.7 Å². The maximum atomic E-state index is 14.0. The van der Waals surface area contributed by atoms with Crippen LogP contribution in [0.1, 0.15) is 63.8 Å². The van der Waals surface area contributed by atoms with Crippen LogP contribution >= 0.6 is 0 Å². The van der Waals surface area contributed by atoms with Gasteiger partial charge in [0.1, 0.15) is 12.4 Å². The number of anilines is 1. The number of ether oxygens (including phenoxy) is 1. The molecule has 2 fully saturated rings. The van der Waals surface area contributed by atoms with Gasteiger partial charge in [0.25, 0.3) is 0 Å². The second-order valence-corrected chi connectivity index (χ2v) is 12.3. The zero-order chi connectivity index (χ0) is 28.6. The monoisotopic (exact) mass is 551 g/mol. The number of carbonyl (C=O) groups is 2. The van der Waals surface area contributed by atoms with Gasteiger partial charge in [-0.15, -0.1) is 0 Å². The zero-order valence-corrected chi connectivity index (χ0v) is 24.3. The minimum absolute atomic E-state index is 0.00969. The fraction of sp³-hybridized carbons (Fsp3) is 0.581. The van der Waals surface area contributed by atoms with Crippen LogP contribution in [0.5, 0.6) is 0 Å². The number of nitrogens with zero attached hydrogens (tertiary/aromatic N) is 4. The molecule has 0 radical (unpaired) electrons. The maximum Gasteiger partial charge on any atom is 0.248 e. The highest BCUT2D eigenvalue weighted by Gasteiger charge is 2.41. The summed E-state index contributed by atoms with van der Waals surface area (Å²) in [6, 6.07) is 8.92. The summed E-state index contributed by atoms with van der Waals surface area (Å²) in [6.45, 7) is 14.1. The molecule has 4 heterocycles. The van der Waals surface area contributed by atoms with Crippen LogP contribution in [0.4, 0.5) is 10.1 Å². The molecule has 2 saturated heterocycles. The molecule has 2 aromatic rings. The fourth-order valence-corrected chi connectivity index (χ4v) is 6.18. The van der Waals surface area contributed by atoms with Gasteiger partial charge in [0.05, 0.1) is 24.0 Å². The van der Waals surface area contributed by atoms with Crippen molar-refractivity contribution in [3.05, 3.63) is 59.2 Å². The molecule has 1 N–H and O–H groups in total. The Bertz CT molecular complexity index is 1240. The molecule has 2 amide bonds. The average molecular weight is 552 g/mol. The Kier molecular flexibility index (Phi) is 8.27. The summed E-state index contributed by atoms with van der Waals surface area (Å²) < 4.78 is 19.1. The summed E-state index contributed by atoms with van der Waals surface area (Å²) >= 11 is 0. The van der Waals surface area contributed by atoms with E-state index in [2.05, 4.69) is 50.9 Å². The van der Waals surface area contributed by atoms with Crippen LogP contribution in [-0.4, -0.2) is 90.7 Å². The van der Waals surface area contributed by atoms with Crippen molar-refractivity contribution in [3.63, 3.8) is 0 Å². The molecule has 4 atom stereocenters. The molecule has 5 rings (SSSR count). The third-order valence-electron chi connectivity index (χ3n) is 8.72. The number of carbonyl (C=O) groups excluding carboxylic acids is 2. The lowest BCUT2D eigenvalue weighted by atomic mass is 9.89. The topological polar surface area (TPSA) is 78.0 Å². The summed E-state index contributed by atoms with van der Waals surface area (Å²) in [5.74, 6) is -0.196. The lowest BCUT2D eigenvalue weighted by Crippen LogP contribution is -2.62.